The first-order chi connectivity index (χ1) is 12.2. The second-order valence-corrected chi connectivity index (χ2v) is 6.80. The molecule has 0 spiro atoms. The quantitative estimate of drug-likeness (QED) is 0.354. The van der Waals surface area contributed by atoms with Gasteiger partial charge in [-0.2, -0.15) is 0 Å². The van der Waals surface area contributed by atoms with E-state index in [1.54, 1.807) is 13.4 Å². The molecule has 150 valence electrons. The van der Waals surface area contributed by atoms with Gasteiger partial charge in [0.25, 0.3) is 0 Å². The average molecular weight is 478 g/mol. The third kappa shape index (κ3) is 7.08. The molecule has 0 radical (unpaired) electrons. The van der Waals surface area contributed by atoms with Crippen LogP contribution in [0.2, 0.25) is 0 Å². The van der Waals surface area contributed by atoms with Crippen molar-refractivity contribution in [2.45, 2.75) is 45.7 Å². The van der Waals surface area contributed by atoms with Crippen molar-refractivity contribution in [3.8, 4) is 0 Å². The molecule has 2 heterocycles. The van der Waals surface area contributed by atoms with Gasteiger partial charge in [-0.1, -0.05) is 6.92 Å². The molecule has 7 heteroatoms. The van der Waals surface area contributed by atoms with E-state index in [-0.39, 0.29) is 24.0 Å². The minimum Gasteiger partial charge on any atom is -0.469 e. The first-order valence-corrected chi connectivity index (χ1v) is 9.46. The third-order valence-electron chi connectivity index (χ3n) is 4.67. The Morgan fingerprint density at radius 1 is 1.35 bits per heavy atom. The molecular weight excluding hydrogens is 443 g/mol. The summed E-state index contributed by atoms with van der Waals surface area (Å²) in [4.78, 5) is 9.73. The number of furan rings is 1. The monoisotopic (exact) mass is 478 g/mol. The molecule has 0 saturated carbocycles. The first-order valence-electron chi connectivity index (χ1n) is 9.46. The van der Waals surface area contributed by atoms with Crippen LogP contribution in [0.4, 0.5) is 0 Å². The van der Waals surface area contributed by atoms with Crippen LogP contribution in [0.5, 0.6) is 0 Å². The molecule has 1 fully saturated rings. The zero-order valence-corrected chi connectivity index (χ0v) is 18.9. The zero-order chi connectivity index (χ0) is 18.1. The lowest BCUT2D eigenvalue weighted by Crippen LogP contribution is -2.60. The van der Waals surface area contributed by atoms with Crippen molar-refractivity contribution in [2.75, 3.05) is 46.4 Å². The molecule has 0 amide bonds. The molecule has 0 bridgehead atoms. The highest BCUT2D eigenvalue weighted by atomic mass is 127. The van der Waals surface area contributed by atoms with Crippen LogP contribution in [-0.2, 0) is 11.2 Å². The van der Waals surface area contributed by atoms with Crippen LogP contribution in [0.25, 0.3) is 0 Å². The number of methoxy groups -OCH3 is 1. The fourth-order valence-electron chi connectivity index (χ4n) is 3.40. The van der Waals surface area contributed by atoms with Gasteiger partial charge in [0.05, 0.1) is 12.9 Å². The van der Waals surface area contributed by atoms with Gasteiger partial charge in [0.2, 0.25) is 0 Å². The highest BCUT2D eigenvalue weighted by Gasteiger charge is 2.30. The van der Waals surface area contributed by atoms with Crippen LogP contribution in [0.3, 0.4) is 0 Å². The Morgan fingerprint density at radius 3 is 2.65 bits per heavy atom. The zero-order valence-electron chi connectivity index (χ0n) is 16.6. The van der Waals surface area contributed by atoms with E-state index in [0.717, 1.165) is 63.9 Å². The predicted octanol–water partition coefficient (Wildman–Crippen LogP) is 2.84. The number of piperazine rings is 1. The van der Waals surface area contributed by atoms with E-state index < -0.39 is 0 Å². The fraction of sp³-hybridized carbons (Fsp3) is 0.737. The normalized spacial score (nSPS) is 21.5. The van der Waals surface area contributed by atoms with Crippen molar-refractivity contribution in [3.05, 3.63) is 24.2 Å². The van der Waals surface area contributed by atoms with E-state index in [2.05, 4.69) is 35.9 Å². The minimum absolute atomic E-state index is 0. The summed E-state index contributed by atoms with van der Waals surface area (Å²) in [6.45, 7) is 12.2. The number of rotatable bonds is 8. The first kappa shape index (κ1) is 23.2. The van der Waals surface area contributed by atoms with Gasteiger partial charge in [-0.3, -0.25) is 9.89 Å². The van der Waals surface area contributed by atoms with Gasteiger partial charge < -0.3 is 19.4 Å². The Labute approximate surface area is 175 Å². The fourth-order valence-corrected chi connectivity index (χ4v) is 3.40. The van der Waals surface area contributed by atoms with Crippen LogP contribution in [0.15, 0.2) is 27.8 Å². The molecule has 0 aliphatic carbocycles. The minimum atomic E-state index is 0. The van der Waals surface area contributed by atoms with Crippen LogP contribution >= 0.6 is 24.0 Å². The van der Waals surface area contributed by atoms with Gasteiger partial charge in [-0.15, -0.1) is 24.0 Å². The topological polar surface area (TPSA) is 53.2 Å². The molecule has 2 atom stereocenters. The molecule has 0 aromatic carbocycles. The SMILES string of the molecule is CCCN=C(NCCc1ccco1)N1CC(C)N(CCOC)C(C)C1.I. The van der Waals surface area contributed by atoms with Crippen molar-refractivity contribution in [1.82, 2.24) is 15.1 Å². The van der Waals surface area contributed by atoms with Crippen molar-refractivity contribution < 1.29 is 9.15 Å². The highest BCUT2D eigenvalue weighted by molar-refractivity contribution is 14.0. The van der Waals surface area contributed by atoms with Gasteiger partial charge in [0.1, 0.15) is 5.76 Å². The Hall–Kier alpha value is -0.800. The third-order valence-corrected chi connectivity index (χ3v) is 4.67. The Balaban J connectivity index is 0.00000338. The Morgan fingerprint density at radius 2 is 2.08 bits per heavy atom. The molecule has 26 heavy (non-hydrogen) atoms. The Bertz CT molecular complexity index is 498. The Kier molecular flexibility index (Phi) is 11.2. The number of hydrogen-bond acceptors (Lipinski definition) is 4. The summed E-state index contributed by atoms with van der Waals surface area (Å²) in [7, 11) is 1.77. The summed E-state index contributed by atoms with van der Waals surface area (Å²) >= 11 is 0. The summed E-state index contributed by atoms with van der Waals surface area (Å²) in [6.07, 6.45) is 3.66. The van der Waals surface area contributed by atoms with Crippen LogP contribution in [0.1, 0.15) is 33.0 Å². The number of nitrogens with one attached hydrogen (secondary N) is 1. The lowest BCUT2D eigenvalue weighted by atomic mass is 10.1. The average Bonchev–Trinajstić information content (AvgIpc) is 3.10. The lowest BCUT2D eigenvalue weighted by Gasteiger charge is -2.45. The van der Waals surface area contributed by atoms with Crippen molar-refractivity contribution in [1.29, 1.82) is 0 Å². The van der Waals surface area contributed by atoms with Gasteiger partial charge in [0, 0.05) is 58.3 Å². The molecule has 2 unspecified atom stereocenters. The smallest absolute Gasteiger partial charge is 0.194 e. The van der Waals surface area contributed by atoms with Crippen LogP contribution in [-0.4, -0.2) is 74.3 Å². The molecule has 1 aromatic rings. The summed E-state index contributed by atoms with van der Waals surface area (Å²) in [5, 5.41) is 3.53. The van der Waals surface area contributed by atoms with Gasteiger partial charge >= 0.3 is 0 Å². The number of ether oxygens (including phenoxy) is 1. The molecule has 6 nitrogen and oxygen atoms in total. The second-order valence-electron chi connectivity index (χ2n) is 6.80. The maximum atomic E-state index is 5.42. The van der Waals surface area contributed by atoms with Crippen molar-refractivity contribution >= 4 is 29.9 Å². The summed E-state index contributed by atoms with van der Waals surface area (Å²) in [5.41, 5.74) is 0. The molecule has 2 rings (SSSR count). The van der Waals surface area contributed by atoms with E-state index in [1.807, 2.05) is 12.1 Å². The lowest BCUT2D eigenvalue weighted by molar-refractivity contribution is 0.0443. The molecule has 1 saturated heterocycles. The molecular formula is C19H35IN4O2. The standard InChI is InChI=1S/C19H34N4O2.HI/c1-5-9-20-19(21-10-8-18-7-6-12-25-18)22-14-16(2)23(11-13-24-4)17(3)15-22;/h6-7,12,16-17H,5,8-11,13-15H2,1-4H3,(H,20,21);1H. The molecule has 1 N–H and O–H groups in total. The maximum Gasteiger partial charge on any atom is 0.194 e. The maximum absolute atomic E-state index is 5.42. The largest absolute Gasteiger partial charge is 0.469 e. The van der Waals surface area contributed by atoms with E-state index >= 15 is 0 Å². The summed E-state index contributed by atoms with van der Waals surface area (Å²) in [5.74, 6) is 2.03. The molecule has 1 aliphatic rings. The summed E-state index contributed by atoms with van der Waals surface area (Å²) in [6, 6.07) is 4.92. The highest BCUT2D eigenvalue weighted by Crippen LogP contribution is 2.15. The van der Waals surface area contributed by atoms with E-state index in [1.165, 1.54) is 0 Å². The number of aliphatic imine (C=N–C) groups is 1. The van der Waals surface area contributed by atoms with Gasteiger partial charge in [-0.25, -0.2) is 0 Å². The summed E-state index contributed by atoms with van der Waals surface area (Å²) < 4.78 is 10.7. The van der Waals surface area contributed by atoms with Crippen LogP contribution in [0, 0.1) is 0 Å². The second kappa shape index (κ2) is 12.6. The number of nitrogens with zero attached hydrogens (tertiary/aromatic N) is 3. The van der Waals surface area contributed by atoms with Gasteiger partial charge in [-0.05, 0) is 32.4 Å². The van der Waals surface area contributed by atoms with E-state index in [0.29, 0.717) is 12.1 Å². The number of halogens is 1. The van der Waals surface area contributed by atoms with Crippen molar-refractivity contribution in [2.24, 2.45) is 4.99 Å². The molecule has 1 aromatic heterocycles. The predicted molar refractivity (Wildman–Crippen MR) is 118 cm³/mol. The molecule has 1 aliphatic heterocycles. The van der Waals surface area contributed by atoms with E-state index in [4.69, 9.17) is 14.1 Å². The van der Waals surface area contributed by atoms with Crippen molar-refractivity contribution in [3.63, 3.8) is 0 Å². The van der Waals surface area contributed by atoms with Crippen LogP contribution < -0.4 is 5.32 Å². The number of hydrogen-bond donors (Lipinski definition) is 1. The number of guanidine groups is 1. The van der Waals surface area contributed by atoms with Gasteiger partial charge in [0.15, 0.2) is 5.96 Å². The van der Waals surface area contributed by atoms with E-state index in [9.17, 15) is 0 Å².